The highest BCUT2D eigenvalue weighted by atomic mass is 16.5. The summed E-state index contributed by atoms with van der Waals surface area (Å²) in [5, 5.41) is 18.2. The van der Waals surface area contributed by atoms with Crippen LogP contribution < -0.4 is 0 Å². The van der Waals surface area contributed by atoms with Gasteiger partial charge in [-0.2, -0.15) is 0 Å². The number of benzene rings is 1. The molecule has 0 unspecified atom stereocenters. The first kappa shape index (κ1) is 13.3. The van der Waals surface area contributed by atoms with E-state index < -0.39 is 5.79 Å². The maximum absolute atomic E-state index is 10.8. The van der Waals surface area contributed by atoms with Crippen LogP contribution in [0.3, 0.4) is 0 Å². The minimum Gasteiger partial charge on any atom is -0.360 e. The number of carbonyl (C=O) groups is 2. The molecule has 1 aromatic rings. The Morgan fingerprint density at radius 2 is 1.82 bits per heavy atom. The normalized spacial score (nSPS) is 12.2. The van der Waals surface area contributed by atoms with Gasteiger partial charge in [0.15, 0.2) is 6.29 Å². The fourth-order valence-corrected chi connectivity index (χ4v) is 1.32. The van der Waals surface area contributed by atoms with E-state index in [1.807, 2.05) is 30.3 Å². The van der Waals surface area contributed by atoms with Crippen molar-refractivity contribution in [2.24, 2.45) is 0 Å². The maximum atomic E-state index is 10.8. The van der Waals surface area contributed by atoms with Gasteiger partial charge in [-0.25, -0.2) is 0 Å². The van der Waals surface area contributed by atoms with Gasteiger partial charge in [0.2, 0.25) is 5.79 Å². The zero-order valence-electron chi connectivity index (χ0n) is 9.24. The Bertz CT molecular complexity index is 407. The Morgan fingerprint density at radius 1 is 1.18 bits per heavy atom. The molecule has 0 atom stereocenters. The first-order chi connectivity index (χ1) is 8.07. The molecule has 1 rings (SSSR count). The van der Waals surface area contributed by atoms with Crippen molar-refractivity contribution in [1.82, 2.24) is 0 Å². The molecule has 0 aliphatic heterocycles. The fourth-order valence-electron chi connectivity index (χ4n) is 1.32. The lowest BCUT2D eigenvalue weighted by Gasteiger charge is -2.13. The van der Waals surface area contributed by atoms with E-state index >= 15 is 0 Å². The molecular formula is C13H14O4. The van der Waals surface area contributed by atoms with Crippen molar-refractivity contribution in [3.63, 3.8) is 0 Å². The quantitative estimate of drug-likeness (QED) is 0.436. The molecule has 0 saturated heterocycles. The summed E-state index contributed by atoms with van der Waals surface area (Å²) in [5.74, 6) is -2.36. The van der Waals surface area contributed by atoms with Gasteiger partial charge >= 0.3 is 0 Å². The average Bonchev–Trinajstić information content (AvgIpc) is 2.35. The highest BCUT2D eigenvalue weighted by Gasteiger charge is 2.21. The van der Waals surface area contributed by atoms with E-state index in [1.54, 1.807) is 6.08 Å². The van der Waals surface area contributed by atoms with Crippen molar-refractivity contribution in [2.45, 2.75) is 18.6 Å². The largest absolute Gasteiger partial charge is 0.360 e. The maximum Gasteiger partial charge on any atom is 0.221 e. The Balaban J connectivity index is 2.70. The van der Waals surface area contributed by atoms with Gasteiger partial charge in [-0.3, -0.25) is 9.59 Å². The lowest BCUT2D eigenvalue weighted by molar-refractivity contribution is -0.170. The average molecular weight is 234 g/mol. The summed E-state index contributed by atoms with van der Waals surface area (Å²) in [6.07, 6.45) is 2.28. The van der Waals surface area contributed by atoms with E-state index in [0.29, 0.717) is 11.9 Å². The number of allylic oxidation sites excluding steroid dienone is 1. The van der Waals surface area contributed by atoms with Crippen molar-refractivity contribution in [1.29, 1.82) is 0 Å². The van der Waals surface area contributed by atoms with E-state index in [-0.39, 0.29) is 19.1 Å². The molecule has 0 amide bonds. The molecule has 0 radical (unpaired) electrons. The van der Waals surface area contributed by atoms with Crippen LogP contribution in [0.5, 0.6) is 0 Å². The van der Waals surface area contributed by atoms with Crippen molar-refractivity contribution in [3.05, 3.63) is 41.5 Å². The molecule has 0 heterocycles. The van der Waals surface area contributed by atoms with Gasteiger partial charge in [-0.05, 0) is 23.6 Å². The fraction of sp³-hybridized carbons (Fsp3) is 0.231. The number of rotatable bonds is 6. The second-order valence-corrected chi connectivity index (χ2v) is 3.74. The van der Waals surface area contributed by atoms with Crippen LogP contribution >= 0.6 is 0 Å². The van der Waals surface area contributed by atoms with Gasteiger partial charge in [0.05, 0.1) is 0 Å². The number of aliphatic hydroxyl groups is 2. The topological polar surface area (TPSA) is 74.6 Å². The predicted octanol–water partition coefficient (Wildman–Crippen LogP) is 0.929. The lowest BCUT2D eigenvalue weighted by atomic mass is 10.0. The third-order valence-electron chi connectivity index (χ3n) is 2.27. The molecule has 0 bridgehead atoms. The molecule has 4 heteroatoms. The van der Waals surface area contributed by atoms with Crippen LogP contribution in [0.25, 0.3) is 6.08 Å². The first-order valence-electron chi connectivity index (χ1n) is 5.19. The smallest absolute Gasteiger partial charge is 0.221 e. The second-order valence-electron chi connectivity index (χ2n) is 3.74. The first-order valence-corrected chi connectivity index (χ1v) is 5.19. The van der Waals surface area contributed by atoms with E-state index in [2.05, 4.69) is 0 Å². The molecule has 0 saturated carbocycles. The van der Waals surface area contributed by atoms with Crippen LogP contribution in [-0.2, 0) is 9.59 Å². The van der Waals surface area contributed by atoms with E-state index in [1.165, 1.54) is 0 Å². The van der Waals surface area contributed by atoms with Gasteiger partial charge in [0.1, 0.15) is 6.29 Å². The second kappa shape index (κ2) is 6.08. The molecule has 0 aromatic heterocycles. The Kier molecular flexibility index (Phi) is 4.75. The number of hydrogen-bond acceptors (Lipinski definition) is 4. The van der Waals surface area contributed by atoms with Crippen LogP contribution in [0.4, 0.5) is 0 Å². The molecule has 0 spiro atoms. The zero-order valence-corrected chi connectivity index (χ0v) is 9.24. The van der Waals surface area contributed by atoms with Gasteiger partial charge in [0, 0.05) is 6.42 Å². The van der Waals surface area contributed by atoms with Crippen molar-refractivity contribution >= 4 is 18.6 Å². The summed E-state index contributed by atoms with van der Waals surface area (Å²) in [7, 11) is 0. The third kappa shape index (κ3) is 4.72. The zero-order chi connectivity index (χ0) is 12.7. The minimum atomic E-state index is -2.36. The number of carbonyl (C=O) groups excluding carboxylic acids is 2. The van der Waals surface area contributed by atoms with E-state index in [4.69, 9.17) is 10.2 Å². The van der Waals surface area contributed by atoms with Gasteiger partial charge in [-0.1, -0.05) is 30.3 Å². The van der Waals surface area contributed by atoms with Gasteiger partial charge in [0.25, 0.3) is 0 Å². The monoisotopic (exact) mass is 234 g/mol. The molecule has 0 aliphatic carbocycles. The molecule has 0 fully saturated rings. The lowest BCUT2D eigenvalue weighted by Crippen LogP contribution is -2.29. The van der Waals surface area contributed by atoms with Gasteiger partial charge < -0.3 is 10.2 Å². The Hall–Kier alpha value is -1.78. The van der Waals surface area contributed by atoms with Crippen LogP contribution in [0, 0.1) is 0 Å². The Labute approximate surface area is 99.2 Å². The number of hydrogen-bond donors (Lipinski definition) is 2. The van der Waals surface area contributed by atoms with E-state index in [0.717, 1.165) is 5.56 Å². The molecule has 17 heavy (non-hydrogen) atoms. The highest BCUT2D eigenvalue weighted by molar-refractivity contribution is 5.81. The summed E-state index contributed by atoms with van der Waals surface area (Å²) >= 11 is 0. The minimum absolute atomic E-state index is 0.0535. The summed E-state index contributed by atoms with van der Waals surface area (Å²) in [6, 6.07) is 9.18. The van der Waals surface area contributed by atoms with Crippen LogP contribution in [0.15, 0.2) is 35.9 Å². The number of aldehydes is 2. The summed E-state index contributed by atoms with van der Waals surface area (Å²) < 4.78 is 0. The predicted molar refractivity (Wildman–Crippen MR) is 62.9 cm³/mol. The molecule has 90 valence electrons. The molecule has 0 aliphatic rings. The summed E-state index contributed by atoms with van der Waals surface area (Å²) in [4.78, 5) is 21.1. The molecular weight excluding hydrogens is 220 g/mol. The summed E-state index contributed by atoms with van der Waals surface area (Å²) in [6.45, 7) is 0. The van der Waals surface area contributed by atoms with Crippen molar-refractivity contribution in [2.75, 3.05) is 0 Å². The summed E-state index contributed by atoms with van der Waals surface area (Å²) in [5.41, 5.74) is 1.26. The standard InChI is InChI=1S/C13H14O4/c14-9-12(6-7-13(16,17)10-15)8-11-4-2-1-3-5-11/h1-5,8-10,16-17H,6-7H2/b12-8-. The van der Waals surface area contributed by atoms with Gasteiger partial charge in [-0.15, -0.1) is 0 Å². The van der Waals surface area contributed by atoms with Crippen LogP contribution in [0.1, 0.15) is 18.4 Å². The van der Waals surface area contributed by atoms with Crippen molar-refractivity contribution < 1.29 is 19.8 Å². The van der Waals surface area contributed by atoms with E-state index in [9.17, 15) is 9.59 Å². The van der Waals surface area contributed by atoms with Crippen LogP contribution in [0.2, 0.25) is 0 Å². The SMILES string of the molecule is O=C/C(=C\c1ccccc1)CCC(O)(O)C=O. The molecule has 1 aromatic carbocycles. The Morgan fingerprint density at radius 3 is 2.35 bits per heavy atom. The van der Waals surface area contributed by atoms with Crippen LogP contribution in [-0.4, -0.2) is 28.6 Å². The molecule has 4 nitrogen and oxygen atoms in total. The third-order valence-corrected chi connectivity index (χ3v) is 2.27. The molecule has 2 N–H and O–H groups in total. The highest BCUT2D eigenvalue weighted by Crippen LogP contribution is 2.14. The van der Waals surface area contributed by atoms with Crippen molar-refractivity contribution in [3.8, 4) is 0 Å².